The van der Waals surface area contributed by atoms with Crippen molar-refractivity contribution in [2.75, 3.05) is 57.1 Å². The normalized spacial score (nSPS) is 19.1. The SMILES string of the molecule is CN1CCN(c2cnccn2)C[C@H](Cc2cc(N(C)C)ncn2)C1. The summed E-state index contributed by atoms with van der Waals surface area (Å²) in [5, 5.41) is 0. The maximum Gasteiger partial charge on any atom is 0.147 e. The van der Waals surface area contributed by atoms with E-state index < -0.39 is 0 Å². The van der Waals surface area contributed by atoms with Crippen molar-refractivity contribution in [3.8, 4) is 0 Å². The van der Waals surface area contributed by atoms with Crippen LogP contribution in [0, 0.1) is 5.92 Å². The smallest absolute Gasteiger partial charge is 0.147 e. The summed E-state index contributed by atoms with van der Waals surface area (Å²) in [5.74, 6) is 2.40. The van der Waals surface area contributed by atoms with Gasteiger partial charge in [0.25, 0.3) is 0 Å². The Morgan fingerprint density at radius 3 is 2.75 bits per heavy atom. The lowest BCUT2D eigenvalue weighted by Crippen LogP contribution is -2.31. The van der Waals surface area contributed by atoms with Gasteiger partial charge in [-0.2, -0.15) is 0 Å². The largest absolute Gasteiger partial charge is 0.363 e. The molecular weight excluding hydrogens is 302 g/mol. The third-order valence-corrected chi connectivity index (χ3v) is 4.34. The first-order valence-electron chi connectivity index (χ1n) is 8.29. The third-order valence-electron chi connectivity index (χ3n) is 4.34. The summed E-state index contributed by atoms with van der Waals surface area (Å²) in [6, 6.07) is 2.08. The minimum atomic E-state index is 0.490. The molecule has 1 aliphatic rings. The zero-order valence-electron chi connectivity index (χ0n) is 14.6. The Balaban J connectivity index is 1.74. The lowest BCUT2D eigenvalue weighted by Gasteiger charge is -2.24. The number of likely N-dealkylation sites (N-methyl/N-ethyl adjacent to an activating group) is 1. The van der Waals surface area contributed by atoms with Crippen LogP contribution in [0.5, 0.6) is 0 Å². The average molecular weight is 327 g/mol. The van der Waals surface area contributed by atoms with Crippen LogP contribution < -0.4 is 9.80 Å². The molecule has 0 unspecified atom stereocenters. The van der Waals surface area contributed by atoms with Gasteiger partial charge in [0.2, 0.25) is 0 Å². The average Bonchev–Trinajstić information content (AvgIpc) is 2.77. The Kier molecular flexibility index (Phi) is 5.20. The van der Waals surface area contributed by atoms with Crippen LogP contribution in [-0.4, -0.2) is 72.2 Å². The fraction of sp³-hybridized carbons (Fsp3) is 0.529. The highest BCUT2D eigenvalue weighted by atomic mass is 15.2. The number of aromatic nitrogens is 4. The molecule has 0 spiro atoms. The van der Waals surface area contributed by atoms with Crippen LogP contribution >= 0.6 is 0 Å². The predicted molar refractivity (Wildman–Crippen MR) is 95.3 cm³/mol. The molecule has 1 aliphatic heterocycles. The minimum absolute atomic E-state index is 0.490. The second-order valence-electron chi connectivity index (χ2n) is 6.60. The van der Waals surface area contributed by atoms with Crippen LogP contribution in [0.2, 0.25) is 0 Å². The number of anilines is 2. The second-order valence-corrected chi connectivity index (χ2v) is 6.60. The lowest BCUT2D eigenvalue weighted by atomic mass is 10.0. The van der Waals surface area contributed by atoms with Crippen molar-refractivity contribution in [3.05, 3.63) is 36.7 Å². The molecule has 3 heterocycles. The van der Waals surface area contributed by atoms with Crippen molar-refractivity contribution in [1.82, 2.24) is 24.8 Å². The molecule has 128 valence electrons. The van der Waals surface area contributed by atoms with E-state index in [2.05, 4.69) is 42.8 Å². The van der Waals surface area contributed by atoms with Crippen LogP contribution in [0.1, 0.15) is 5.69 Å². The zero-order chi connectivity index (χ0) is 16.9. The molecule has 1 atom stereocenters. The summed E-state index contributed by atoms with van der Waals surface area (Å²) < 4.78 is 0. The molecule has 0 saturated carbocycles. The lowest BCUT2D eigenvalue weighted by molar-refractivity contribution is 0.308. The van der Waals surface area contributed by atoms with Gasteiger partial charge in [-0.25, -0.2) is 15.0 Å². The molecule has 0 radical (unpaired) electrons. The zero-order valence-corrected chi connectivity index (χ0v) is 14.6. The molecule has 7 nitrogen and oxygen atoms in total. The van der Waals surface area contributed by atoms with Gasteiger partial charge in [-0.05, 0) is 19.4 Å². The summed E-state index contributed by atoms with van der Waals surface area (Å²) in [5.41, 5.74) is 1.09. The molecule has 0 bridgehead atoms. The Morgan fingerprint density at radius 1 is 1.12 bits per heavy atom. The molecule has 2 aromatic heterocycles. The molecule has 2 aromatic rings. The summed E-state index contributed by atoms with van der Waals surface area (Å²) in [6.07, 6.45) is 7.91. The van der Waals surface area contributed by atoms with E-state index in [0.29, 0.717) is 5.92 Å². The minimum Gasteiger partial charge on any atom is -0.363 e. The number of hydrogen-bond acceptors (Lipinski definition) is 7. The summed E-state index contributed by atoms with van der Waals surface area (Å²) >= 11 is 0. The van der Waals surface area contributed by atoms with E-state index in [1.165, 1.54) is 0 Å². The van der Waals surface area contributed by atoms with Gasteiger partial charge < -0.3 is 14.7 Å². The quantitative estimate of drug-likeness (QED) is 0.828. The predicted octanol–water partition coefficient (Wildman–Crippen LogP) is 0.943. The summed E-state index contributed by atoms with van der Waals surface area (Å²) in [7, 11) is 6.18. The Hall–Kier alpha value is -2.28. The molecular formula is C17H25N7. The van der Waals surface area contributed by atoms with E-state index in [-0.39, 0.29) is 0 Å². The van der Waals surface area contributed by atoms with Crippen LogP contribution in [-0.2, 0) is 6.42 Å². The molecule has 1 saturated heterocycles. The van der Waals surface area contributed by atoms with Gasteiger partial charge in [0.1, 0.15) is 18.0 Å². The third kappa shape index (κ3) is 4.17. The van der Waals surface area contributed by atoms with E-state index in [1.807, 2.05) is 25.2 Å². The van der Waals surface area contributed by atoms with E-state index >= 15 is 0 Å². The molecule has 0 amide bonds. The van der Waals surface area contributed by atoms with Gasteiger partial charge in [0, 0.05) is 64.4 Å². The fourth-order valence-corrected chi connectivity index (χ4v) is 3.11. The topological polar surface area (TPSA) is 61.3 Å². The Labute approximate surface area is 143 Å². The fourth-order valence-electron chi connectivity index (χ4n) is 3.11. The van der Waals surface area contributed by atoms with Crippen LogP contribution in [0.25, 0.3) is 0 Å². The molecule has 7 heteroatoms. The van der Waals surface area contributed by atoms with Crippen LogP contribution in [0.15, 0.2) is 31.0 Å². The number of hydrogen-bond donors (Lipinski definition) is 0. The molecule has 1 fully saturated rings. The second kappa shape index (κ2) is 7.53. The summed E-state index contributed by atoms with van der Waals surface area (Å²) in [4.78, 5) is 24.2. The van der Waals surface area contributed by atoms with E-state index in [1.54, 1.807) is 18.7 Å². The first-order valence-corrected chi connectivity index (χ1v) is 8.29. The monoisotopic (exact) mass is 327 g/mol. The van der Waals surface area contributed by atoms with Crippen LogP contribution in [0.3, 0.4) is 0 Å². The summed E-state index contributed by atoms with van der Waals surface area (Å²) in [6.45, 7) is 4.01. The molecule has 0 aromatic carbocycles. The molecule has 0 N–H and O–H groups in total. The first kappa shape index (κ1) is 16.6. The molecule has 3 rings (SSSR count). The van der Waals surface area contributed by atoms with Gasteiger partial charge in [-0.15, -0.1) is 0 Å². The van der Waals surface area contributed by atoms with E-state index in [4.69, 9.17) is 0 Å². The maximum absolute atomic E-state index is 4.47. The van der Waals surface area contributed by atoms with Crippen molar-refractivity contribution in [3.63, 3.8) is 0 Å². The van der Waals surface area contributed by atoms with Gasteiger partial charge in [-0.1, -0.05) is 0 Å². The van der Waals surface area contributed by atoms with Crippen molar-refractivity contribution >= 4 is 11.6 Å². The van der Waals surface area contributed by atoms with Crippen molar-refractivity contribution in [2.24, 2.45) is 5.92 Å². The highest BCUT2D eigenvalue weighted by molar-refractivity contribution is 5.37. The van der Waals surface area contributed by atoms with Gasteiger partial charge >= 0.3 is 0 Å². The van der Waals surface area contributed by atoms with E-state index in [0.717, 1.165) is 49.9 Å². The maximum atomic E-state index is 4.47. The Morgan fingerprint density at radius 2 is 2.00 bits per heavy atom. The van der Waals surface area contributed by atoms with Crippen LogP contribution in [0.4, 0.5) is 11.6 Å². The number of nitrogens with zero attached hydrogens (tertiary/aromatic N) is 7. The molecule has 0 aliphatic carbocycles. The van der Waals surface area contributed by atoms with Gasteiger partial charge in [0.05, 0.1) is 6.20 Å². The molecule has 24 heavy (non-hydrogen) atoms. The standard InChI is InChI=1S/C17H25N7/c1-22(2)16-9-15(20-13-21-16)8-14-11-23(3)6-7-24(12-14)17-10-18-4-5-19-17/h4-5,9-10,13-14H,6-8,11-12H2,1-3H3/t14-/m1/s1. The highest BCUT2D eigenvalue weighted by Crippen LogP contribution is 2.19. The highest BCUT2D eigenvalue weighted by Gasteiger charge is 2.23. The number of rotatable bonds is 4. The van der Waals surface area contributed by atoms with Gasteiger partial charge in [-0.3, -0.25) is 4.98 Å². The Bertz CT molecular complexity index is 646. The van der Waals surface area contributed by atoms with E-state index in [9.17, 15) is 0 Å². The van der Waals surface area contributed by atoms with Crippen molar-refractivity contribution < 1.29 is 0 Å². The van der Waals surface area contributed by atoms with Gasteiger partial charge in [0.15, 0.2) is 0 Å². The first-order chi connectivity index (χ1) is 11.6. The van der Waals surface area contributed by atoms with Crippen molar-refractivity contribution in [2.45, 2.75) is 6.42 Å². The van der Waals surface area contributed by atoms with Crippen molar-refractivity contribution in [1.29, 1.82) is 0 Å².